The minimum Gasteiger partial charge on any atom is -0.497 e. The van der Waals surface area contributed by atoms with Crippen LogP contribution in [0.3, 0.4) is 0 Å². The highest BCUT2D eigenvalue weighted by Crippen LogP contribution is 2.18. The summed E-state index contributed by atoms with van der Waals surface area (Å²) < 4.78 is 9.70. The maximum absolute atomic E-state index is 13.1. The molecule has 2 aromatic heterocycles. The molecule has 0 saturated heterocycles. The second-order valence-electron chi connectivity index (χ2n) is 6.49. The molecular weight excluding hydrogens is 332 g/mol. The molecule has 0 N–H and O–H groups in total. The van der Waals surface area contributed by atoms with Gasteiger partial charge in [-0.1, -0.05) is 26.0 Å². The van der Waals surface area contributed by atoms with E-state index in [9.17, 15) is 9.59 Å². The molecule has 0 amide bonds. The predicted molar refractivity (Wildman–Crippen MR) is 101 cm³/mol. The van der Waals surface area contributed by atoms with Crippen molar-refractivity contribution in [1.82, 2.24) is 18.7 Å². The molecule has 0 bridgehead atoms. The Balaban J connectivity index is 2.42. The van der Waals surface area contributed by atoms with Crippen molar-refractivity contribution < 1.29 is 4.74 Å². The lowest BCUT2D eigenvalue weighted by molar-refractivity contribution is 0.414. The maximum atomic E-state index is 13.1. The smallest absolute Gasteiger partial charge is 0.337 e. The van der Waals surface area contributed by atoms with E-state index in [-0.39, 0.29) is 11.5 Å². The number of benzene rings is 1. The highest BCUT2D eigenvalue weighted by atomic mass is 16.5. The molecule has 0 spiro atoms. The standard InChI is InChI=1S/C19H22N4O3/c1-5-9-21-12-20-17-16(21)18(24)22(11-13(2)3)19(25)23(17)14-7-6-8-15(10-14)26-4/h5-8,10,12-13H,1,9,11H2,2-4H3. The number of hydrogen-bond donors (Lipinski definition) is 0. The summed E-state index contributed by atoms with van der Waals surface area (Å²) in [6.45, 7) is 8.42. The zero-order valence-electron chi connectivity index (χ0n) is 15.2. The first-order chi connectivity index (χ1) is 12.5. The van der Waals surface area contributed by atoms with E-state index in [0.29, 0.717) is 35.7 Å². The van der Waals surface area contributed by atoms with Crippen LogP contribution in [0.1, 0.15) is 13.8 Å². The summed E-state index contributed by atoms with van der Waals surface area (Å²) >= 11 is 0. The summed E-state index contributed by atoms with van der Waals surface area (Å²) in [5.41, 5.74) is 0.564. The van der Waals surface area contributed by atoms with Crippen molar-refractivity contribution in [3.63, 3.8) is 0 Å². The summed E-state index contributed by atoms with van der Waals surface area (Å²) in [6, 6.07) is 7.13. The van der Waals surface area contributed by atoms with E-state index < -0.39 is 5.69 Å². The van der Waals surface area contributed by atoms with Gasteiger partial charge in [0, 0.05) is 19.2 Å². The largest absolute Gasteiger partial charge is 0.497 e. The average Bonchev–Trinajstić information content (AvgIpc) is 3.02. The van der Waals surface area contributed by atoms with E-state index in [4.69, 9.17) is 4.74 Å². The number of nitrogens with zero attached hydrogens (tertiary/aromatic N) is 4. The fourth-order valence-electron chi connectivity index (χ4n) is 2.97. The van der Waals surface area contributed by atoms with Crippen LogP contribution in [0.5, 0.6) is 5.75 Å². The van der Waals surface area contributed by atoms with Crippen LogP contribution in [-0.4, -0.2) is 25.8 Å². The Hall–Kier alpha value is -3.09. The zero-order chi connectivity index (χ0) is 18.8. The van der Waals surface area contributed by atoms with Crippen molar-refractivity contribution in [3.8, 4) is 11.4 Å². The van der Waals surface area contributed by atoms with Crippen LogP contribution >= 0.6 is 0 Å². The first-order valence-electron chi connectivity index (χ1n) is 8.44. The molecule has 0 unspecified atom stereocenters. The van der Waals surface area contributed by atoms with Crippen LogP contribution in [0.4, 0.5) is 0 Å². The third kappa shape index (κ3) is 2.96. The van der Waals surface area contributed by atoms with Crippen molar-refractivity contribution in [1.29, 1.82) is 0 Å². The van der Waals surface area contributed by atoms with Gasteiger partial charge in [-0.05, 0) is 18.1 Å². The van der Waals surface area contributed by atoms with E-state index in [2.05, 4.69) is 11.6 Å². The van der Waals surface area contributed by atoms with Gasteiger partial charge in [0.15, 0.2) is 11.2 Å². The van der Waals surface area contributed by atoms with Gasteiger partial charge in [0.25, 0.3) is 5.56 Å². The Morgan fingerprint density at radius 2 is 2.08 bits per heavy atom. The van der Waals surface area contributed by atoms with Crippen LogP contribution in [0, 0.1) is 5.92 Å². The lowest BCUT2D eigenvalue weighted by atomic mass is 10.2. The molecule has 0 fully saturated rings. The van der Waals surface area contributed by atoms with Crippen LogP contribution in [0.15, 0.2) is 52.8 Å². The van der Waals surface area contributed by atoms with E-state index in [1.165, 1.54) is 9.13 Å². The highest BCUT2D eigenvalue weighted by molar-refractivity contribution is 5.72. The number of imidazole rings is 1. The van der Waals surface area contributed by atoms with Crippen LogP contribution < -0.4 is 16.0 Å². The Morgan fingerprint density at radius 3 is 2.73 bits per heavy atom. The Bertz CT molecular complexity index is 1070. The minimum atomic E-state index is -0.409. The zero-order valence-corrected chi connectivity index (χ0v) is 15.2. The number of hydrogen-bond acceptors (Lipinski definition) is 4. The van der Waals surface area contributed by atoms with Crippen molar-refractivity contribution in [2.24, 2.45) is 5.92 Å². The third-order valence-electron chi connectivity index (χ3n) is 4.09. The van der Waals surface area contributed by atoms with Crippen molar-refractivity contribution >= 4 is 11.2 Å². The molecule has 0 radical (unpaired) electrons. The number of fused-ring (bicyclic) bond motifs is 1. The topological polar surface area (TPSA) is 71.0 Å². The second-order valence-corrected chi connectivity index (χ2v) is 6.49. The second kappa shape index (κ2) is 7.03. The number of methoxy groups -OCH3 is 1. The number of rotatable bonds is 6. The summed E-state index contributed by atoms with van der Waals surface area (Å²) in [5.74, 6) is 0.766. The van der Waals surface area contributed by atoms with Gasteiger partial charge in [-0.15, -0.1) is 6.58 Å². The van der Waals surface area contributed by atoms with E-state index in [1.54, 1.807) is 48.3 Å². The van der Waals surface area contributed by atoms with Gasteiger partial charge >= 0.3 is 5.69 Å². The van der Waals surface area contributed by atoms with Crippen LogP contribution in [-0.2, 0) is 13.1 Å². The fraction of sp³-hybridized carbons (Fsp3) is 0.316. The first kappa shape index (κ1) is 17.7. The summed E-state index contributed by atoms with van der Waals surface area (Å²) in [5, 5.41) is 0. The molecule has 0 aliphatic rings. The van der Waals surface area contributed by atoms with Crippen molar-refractivity contribution in [3.05, 3.63) is 64.1 Å². The summed E-state index contributed by atoms with van der Waals surface area (Å²) in [4.78, 5) is 30.4. The summed E-state index contributed by atoms with van der Waals surface area (Å²) in [7, 11) is 1.57. The monoisotopic (exact) mass is 354 g/mol. The SMILES string of the molecule is C=CCn1cnc2c1c(=O)n(CC(C)C)c(=O)n2-c1cccc(OC)c1. The van der Waals surface area contributed by atoms with Gasteiger partial charge in [0.1, 0.15) is 5.75 Å². The molecule has 7 heteroatoms. The molecule has 0 saturated carbocycles. The van der Waals surface area contributed by atoms with Gasteiger partial charge in [0.05, 0.1) is 19.1 Å². The number of ether oxygens (including phenoxy) is 1. The van der Waals surface area contributed by atoms with Gasteiger partial charge in [-0.25, -0.2) is 14.3 Å². The Morgan fingerprint density at radius 1 is 1.31 bits per heavy atom. The molecule has 1 aromatic carbocycles. The van der Waals surface area contributed by atoms with Crippen molar-refractivity contribution in [2.45, 2.75) is 26.9 Å². The van der Waals surface area contributed by atoms with Crippen LogP contribution in [0.2, 0.25) is 0 Å². The van der Waals surface area contributed by atoms with Crippen LogP contribution in [0.25, 0.3) is 16.9 Å². The fourth-order valence-corrected chi connectivity index (χ4v) is 2.97. The average molecular weight is 354 g/mol. The molecule has 136 valence electrons. The minimum absolute atomic E-state index is 0.146. The van der Waals surface area contributed by atoms with Gasteiger partial charge in [0.2, 0.25) is 0 Å². The molecule has 3 aromatic rings. The quantitative estimate of drug-likeness (QED) is 0.636. The Kier molecular flexibility index (Phi) is 4.79. The molecule has 26 heavy (non-hydrogen) atoms. The van der Waals surface area contributed by atoms with E-state index in [1.807, 2.05) is 13.8 Å². The third-order valence-corrected chi connectivity index (χ3v) is 4.09. The van der Waals surface area contributed by atoms with Gasteiger partial charge in [-0.2, -0.15) is 0 Å². The molecule has 0 atom stereocenters. The van der Waals surface area contributed by atoms with Gasteiger partial charge < -0.3 is 9.30 Å². The molecule has 7 nitrogen and oxygen atoms in total. The molecular formula is C19H22N4O3. The highest BCUT2D eigenvalue weighted by Gasteiger charge is 2.19. The lowest BCUT2D eigenvalue weighted by Crippen LogP contribution is -2.41. The number of aromatic nitrogens is 4. The van der Waals surface area contributed by atoms with Gasteiger partial charge in [-0.3, -0.25) is 9.36 Å². The number of allylic oxidation sites excluding steroid dienone is 1. The Labute approximate surface area is 150 Å². The van der Waals surface area contributed by atoms with E-state index in [0.717, 1.165) is 0 Å². The normalized spacial score (nSPS) is 11.2. The summed E-state index contributed by atoms with van der Waals surface area (Å²) in [6.07, 6.45) is 3.25. The molecule has 0 aliphatic carbocycles. The van der Waals surface area contributed by atoms with E-state index >= 15 is 0 Å². The molecule has 3 rings (SSSR count). The first-order valence-corrected chi connectivity index (χ1v) is 8.44. The van der Waals surface area contributed by atoms with Crippen molar-refractivity contribution in [2.75, 3.05) is 7.11 Å². The molecule has 0 aliphatic heterocycles. The molecule has 2 heterocycles. The lowest BCUT2D eigenvalue weighted by Gasteiger charge is -2.14. The predicted octanol–water partition coefficient (Wildman–Crippen LogP) is 2.20. The maximum Gasteiger partial charge on any atom is 0.337 e.